The van der Waals surface area contributed by atoms with Crippen LogP contribution in [-0.2, 0) is 19.1 Å². The predicted molar refractivity (Wildman–Crippen MR) is 138 cm³/mol. The molecule has 3 aliphatic rings. The average molecular weight is 512 g/mol. The molecule has 200 valence electrons. The van der Waals surface area contributed by atoms with E-state index in [1.807, 2.05) is 27.0 Å². The highest BCUT2D eigenvalue weighted by Gasteiger charge is 2.51. The summed E-state index contributed by atoms with van der Waals surface area (Å²) < 4.78 is 10.9. The molecule has 0 aromatic heterocycles. The summed E-state index contributed by atoms with van der Waals surface area (Å²) in [5, 5.41) is 14.3. The van der Waals surface area contributed by atoms with Gasteiger partial charge in [-0.1, -0.05) is 6.07 Å². The molecule has 1 saturated heterocycles. The number of fused-ring (bicyclic) bond motifs is 1. The molecule has 1 aromatic carbocycles. The fourth-order valence-electron chi connectivity index (χ4n) is 6.39. The highest BCUT2D eigenvalue weighted by Crippen LogP contribution is 2.49. The molecule has 9 heteroatoms. The first-order chi connectivity index (χ1) is 17.4. The highest BCUT2D eigenvalue weighted by atomic mass is 16.5. The van der Waals surface area contributed by atoms with Gasteiger partial charge in [0.15, 0.2) is 23.0 Å². The lowest BCUT2D eigenvalue weighted by Crippen LogP contribution is -2.65. The smallest absolute Gasteiger partial charge is 0.226 e. The van der Waals surface area contributed by atoms with Gasteiger partial charge in [0.2, 0.25) is 11.7 Å². The maximum Gasteiger partial charge on any atom is 0.226 e. The van der Waals surface area contributed by atoms with Gasteiger partial charge in [-0.3, -0.25) is 24.2 Å². The minimum atomic E-state index is -0.513. The van der Waals surface area contributed by atoms with Crippen LogP contribution in [0, 0.1) is 13.8 Å². The summed E-state index contributed by atoms with van der Waals surface area (Å²) in [6.45, 7) is 9.81. The predicted octanol–water partition coefficient (Wildman–Crippen LogP) is 2.34. The zero-order chi connectivity index (χ0) is 27.3. The molecule has 1 fully saturated rings. The van der Waals surface area contributed by atoms with Crippen molar-refractivity contribution in [2.75, 3.05) is 34.4 Å². The number of carbonyl (C=O) groups excluding carboxylic acids is 3. The molecule has 1 amide bonds. The molecular formula is C28H37N3O6. The van der Waals surface area contributed by atoms with Crippen LogP contribution in [0.1, 0.15) is 49.9 Å². The number of hydrogen-bond donors (Lipinski definition) is 2. The zero-order valence-electron chi connectivity index (χ0n) is 22.9. The largest absolute Gasteiger partial charge is 0.504 e. The molecule has 1 aliphatic carbocycles. The Balaban J connectivity index is 1.92. The fraction of sp³-hybridized carbons (Fsp3) is 0.536. The second kappa shape index (κ2) is 9.95. The van der Waals surface area contributed by atoms with Crippen LogP contribution in [0.4, 0.5) is 0 Å². The van der Waals surface area contributed by atoms with Crippen LogP contribution in [0.25, 0.3) is 0 Å². The van der Waals surface area contributed by atoms with E-state index in [9.17, 15) is 19.5 Å². The number of nitrogens with one attached hydrogen (secondary N) is 1. The van der Waals surface area contributed by atoms with Crippen molar-refractivity contribution in [3.05, 3.63) is 45.2 Å². The molecule has 0 saturated carbocycles. The number of hydrogen-bond acceptors (Lipinski definition) is 8. The van der Waals surface area contributed by atoms with E-state index in [1.54, 1.807) is 6.92 Å². The number of amides is 1. The number of piperazine rings is 1. The number of nitrogens with zero attached hydrogens (tertiary/aromatic N) is 2. The van der Waals surface area contributed by atoms with E-state index in [4.69, 9.17) is 9.47 Å². The molecule has 1 aromatic rings. The summed E-state index contributed by atoms with van der Waals surface area (Å²) in [7, 11) is 4.96. The van der Waals surface area contributed by atoms with Crippen LogP contribution in [0.2, 0.25) is 0 Å². The Morgan fingerprint density at radius 1 is 1.14 bits per heavy atom. The summed E-state index contributed by atoms with van der Waals surface area (Å²) in [5.74, 6) is -0.146. The summed E-state index contributed by atoms with van der Waals surface area (Å²) in [6.07, 6.45) is 0.335. The molecular weight excluding hydrogens is 474 g/mol. The van der Waals surface area contributed by atoms with Gasteiger partial charge in [-0.2, -0.15) is 0 Å². The molecule has 0 radical (unpaired) electrons. The Kier molecular flexibility index (Phi) is 7.23. The summed E-state index contributed by atoms with van der Waals surface area (Å²) in [6, 6.07) is 1.02. The minimum Gasteiger partial charge on any atom is -0.504 e. The van der Waals surface area contributed by atoms with E-state index in [-0.39, 0.29) is 53.7 Å². The number of aryl methyl sites for hydroxylation is 2. The van der Waals surface area contributed by atoms with E-state index >= 15 is 0 Å². The number of benzene rings is 1. The van der Waals surface area contributed by atoms with Crippen LogP contribution in [0.15, 0.2) is 28.5 Å². The van der Waals surface area contributed by atoms with Gasteiger partial charge in [-0.05, 0) is 52.3 Å². The van der Waals surface area contributed by atoms with Crippen LogP contribution >= 0.6 is 0 Å². The topological polar surface area (TPSA) is 108 Å². The quantitative estimate of drug-likeness (QED) is 0.580. The number of rotatable bonds is 5. The number of ether oxygens (including phenoxy) is 2. The summed E-state index contributed by atoms with van der Waals surface area (Å²) in [4.78, 5) is 43.5. The van der Waals surface area contributed by atoms with Gasteiger partial charge in [-0.15, -0.1) is 0 Å². The summed E-state index contributed by atoms with van der Waals surface area (Å²) in [5.41, 5.74) is 3.65. The zero-order valence-corrected chi connectivity index (χ0v) is 22.9. The van der Waals surface area contributed by atoms with Crippen LogP contribution in [0.3, 0.4) is 0 Å². The first-order valence-corrected chi connectivity index (χ1v) is 12.6. The number of aromatic hydroxyl groups is 1. The van der Waals surface area contributed by atoms with E-state index in [2.05, 4.69) is 22.0 Å². The van der Waals surface area contributed by atoms with Gasteiger partial charge < -0.3 is 19.9 Å². The lowest BCUT2D eigenvalue weighted by molar-refractivity contribution is -0.122. The molecule has 2 unspecified atom stereocenters. The number of Topliss-reactive ketones (excluding diaryl/α,β-unsaturated/α-hetero) is 2. The van der Waals surface area contributed by atoms with Crippen LogP contribution in [-0.4, -0.2) is 84.9 Å². The molecule has 4 rings (SSSR count). The number of ketones is 2. The number of methoxy groups -OCH3 is 2. The standard InChI is InChI=1S/C28H37N3O6/c1-13-9-14(2)27(36-7)25(34)21(13)23-19-10-18-22(26(35)28(37-8)16(4)24(18)33)20(11-29-17(5)32)31(19)12-15(3)30(23)6/h9,15,19-20,23,34H,10-12H2,1-8H3,(H,29,32)/t15?,19?,20-,23-/m0/s1. The molecule has 0 bridgehead atoms. The molecule has 4 atom stereocenters. The van der Waals surface area contributed by atoms with Gasteiger partial charge in [-0.25, -0.2) is 0 Å². The normalized spacial score (nSPS) is 26.7. The molecule has 37 heavy (non-hydrogen) atoms. The lowest BCUT2D eigenvalue weighted by Gasteiger charge is -2.55. The van der Waals surface area contributed by atoms with Gasteiger partial charge in [0, 0.05) is 54.4 Å². The van der Waals surface area contributed by atoms with Crippen LogP contribution in [0.5, 0.6) is 11.5 Å². The lowest BCUT2D eigenvalue weighted by atomic mass is 9.73. The van der Waals surface area contributed by atoms with Crippen molar-refractivity contribution in [3.8, 4) is 11.5 Å². The highest BCUT2D eigenvalue weighted by molar-refractivity contribution is 6.25. The first-order valence-electron chi connectivity index (χ1n) is 12.6. The second-order valence-corrected chi connectivity index (χ2v) is 10.4. The van der Waals surface area contributed by atoms with Gasteiger partial charge in [0.05, 0.1) is 26.3 Å². The van der Waals surface area contributed by atoms with Crippen molar-refractivity contribution in [1.29, 1.82) is 0 Å². The Morgan fingerprint density at radius 3 is 2.41 bits per heavy atom. The van der Waals surface area contributed by atoms with Crippen molar-refractivity contribution in [1.82, 2.24) is 15.1 Å². The Bertz CT molecular complexity index is 1230. The maximum atomic E-state index is 13.6. The number of phenols is 1. The third-order valence-electron chi connectivity index (χ3n) is 8.21. The maximum absolute atomic E-state index is 13.6. The van der Waals surface area contributed by atoms with Crippen molar-refractivity contribution in [3.63, 3.8) is 0 Å². The van der Waals surface area contributed by atoms with E-state index in [0.717, 1.165) is 16.7 Å². The van der Waals surface area contributed by atoms with Crippen molar-refractivity contribution < 1.29 is 29.0 Å². The molecule has 9 nitrogen and oxygen atoms in total. The average Bonchev–Trinajstić information content (AvgIpc) is 2.83. The van der Waals surface area contributed by atoms with Crippen molar-refractivity contribution in [2.24, 2.45) is 0 Å². The molecule has 2 N–H and O–H groups in total. The minimum absolute atomic E-state index is 0.0582. The van der Waals surface area contributed by atoms with Gasteiger partial charge in [0.1, 0.15) is 0 Å². The molecule has 0 spiro atoms. The number of carbonyl (C=O) groups is 3. The SMILES string of the molecule is COC1=C(C)C(=O)C2=C(C1=O)[C@H](CNC(C)=O)N1CC(C)N(C)[C@H](c3c(C)cc(C)c(OC)c3O)C1C2. The van der Waals surface area contributed by atoms with Gasteiger partial charge in [0.25, 0.3) is 0 Å². The molecule has 2 aliphatic heterocycles. The molecule has 2 heterocycles. The van der Waals surface area contributed by atoms with Crippen molar-refractivity contribution >= 4 is 17.5 Å². The van der Waals surface area contributed by atoms with E-state index in [0.29, 0.717) is 35.4 Å². The van der Waals surface area contributed by atoms with Crippen molar-refractivity contribution in [2.45, 2.75) is 65.2 Å². The number of phenolic OH excluding ortho intramolecular Hbond substituents is 1. The van der Waals surface area contributed by atoms with Crippen LogP contribution < -0.4 is 10.1 Å². The number of likely N-dealkylation sites (N-methyl/N-ethyl adjacent to an activating group) is 1. The first kappa shape index (κ1) is 26.9. The van der Waals surface area contributed by atoms with E-state index in [1.165, 1.54) is 21.1 Å². The fourth-order valence-corrected chi connectivity index (χ4v) is 6.39. The second-order valence-electron chi connectivity index (χ2n) is 10.4. The van der Waals surface area contributed by atoms with E-state index < -0.39 is 6.04 Å². The third-order valence-corrected chi connectivity index (χ3v) is 8.21. The Labute approximate surface area is 218 Å². The summed E-state index contributed by atoms with van der Waals surface area (Å²) >= 11 is 0. The monoisotopic (exact) mass is 511 g/mol. The number of allylic oxidation sites excluding steroid dienone is 2. The third kappa shape index (κ3) is 4.24. The van der Waals surface area contributed by atoms with Gasteiger partial charge >= 0.3 is 0 Å². The Hall–Kier alpha value is -3.17. The Morgan fingerprint density at radius 2 is 1.81 bits per heavy atom.